The Bertz CT molecular complexity index is 2190. The van der Waals surface area contributed by atoms with Crippen molar-refractivity contribution in [3.8, 4) is 18.4 Å². The van der Waals surface area contributed by atoms with Gasteiger partial charge in [0.05, 0.1) is 23.6 Å². The van der Waals surface area contributed by atoms with Crippen LogP contribution in [0, 0.1) is 63.6 Å². The third kappa shape index (κ3) is 97.5. The highest BCUT2D eigenvalue weighted by molar-refractivity contribution is 7.94. The Kier molecular flexibility index (Phi) is 63.0. The minimum Gasteiger partial charge on any atom is -0.348 e. The molecule has 0 spiro atoms. The number of carbonyl (C=O) groups is 6. The molecular weight excluding hydrogens is 1100 g/mol. The number of nitriles is 1. The lowest BCUT2D eigenvalue weighted by Crippen LogP contribution is -2.39. The normalized spacial score (nSPS) is 10.9. The van der Waals surface area contributed by atoms with E-state index in [2.05, 4.69) is 63.0 Å². The number of sulfone groups is 1. The van der Waals surface area contributed by atoms with Crippen molar-refractivity contribution in [3.63, 3.8) is 0 Å². The maximum atomic E-state index is 11.3. The molecule has 0 aliphatic carbocycles. The summed E-state index contributed by atoms with van der Waals surface area (Å²) >= 11 is 5.20. The number of halogens is 2. The molecule has 0 aliphatic rings. The summed E-state index contributed by atoms with van der Waals surface area (Å²) in [6, 6.07) is 1.80. The van der Waals surface area contributed by atoms with E-state index in [1.807, 2.05) is 135 Å². The molecule has 0 bridgehead atoms. The van der Waals surface area contributed by atoms with Crippen molar-refractivity contribution in [1.82, 2.24) is 14.9 Å². The maximum Gasteiger partial charge on any atom is 0.244 e. The van der Waals surface area contributed by atoms with Gasteiger partial charge in [-0.15, -0.1) is 30.5 Å². The molecule has 0 heterocycles. The highest BCUT2D eigenvalue weighted by Crippen LogP contribution is 2.16. The number of sulfonamides is 1. The molecule has 0 atom stereocenters. The van der Waals surface area contributed by atoms with Gasteiger partial charge in [-0.3, -0.25) is 28.8 Å². The molecule has 0 radical (unpaired) electrons. The number of carbonyl (C=O) groups excluding carboxylic acids is 6. The predicted octanol–water partition coefficient (Wildman–Crippen LogP) is 14.4. The van der Waals surface area contributed by atoms with E-state index in [9.17, 15) is 50.0 Å². The second-order valence-corrected chi connectivity index (χ2v) is 29.6. The van der Waals surface area contributed by atoms with Gasteiger partial charge in [0.25, 0.3) is 0 Å². The number of nitrogens with one attached hydrogen (secondary N) is 2. The molecule has 14 nitrogen and oxygen atoms in total. The largest absolute Gasteiger partial charge is 0.348 e. The van der Waals surface area contributed by atoms with Crippen LogP contribution in [0.3, 0.4) is 0 Å². The molecule has 0 aromatic carbocycles. The van der Waals surface area contributed by atoms with E-state index >= 15 is 0 Å². The Morgan fingerprint density at radius 1 is 0.671 bits per heavy atom. The molecule has 0 saturated heterocycles. The summed E-state index contributed by atoms with van der Waals surface area (Å²) in [6.45, 7) is 64.1. The van der Waals surface area contributed by atoms with E-state index in [0.29, 0.717) is 5.41 Å². The van der Waals surface area contributed by atoms with Crippen LogP contribution in [0.15, 0.2) is 73.1 Å². The number of allylic oxidation sites excluding steroid dienone is 4. The first-order valence-electron chi connectivity index (χ1n) is 27.0. The molecule has 0 rings (SSSR count). The smallest absolute Gasteiger partial charge is 0.244 e. The van der Waals surface area contributed by atoms with Gasteiger partial charge in [-0.25, -0.2) is 25.9 Å². The van der Waals surface area contributed by atoms with E-state index in [-0.39, 0.29) is 92.4 Å². The number of likely N-dealkylation sites (N-methyl/N-ethyl adjacent to an activating group) is 1. The zero-order chi connectivity index (χ0) is 68.6. The van der Waals surface area contributed by atoms with Gasteiger partial charge < -0.3 is 10.2 Å². The summed E-state index contributed by atoms with van der Waals surface area (Å²) in [5, 5.41) is 12.4. The van der Waals surface area contributed by atoms with Crippen molar-refractivity contribution in [1.29, 1.82) is 5.26 Å². The van der Waals surface area contributed by atoms with Gasteiger partial charge in [-0.05, 0) is 122 Å². The van der Waals surface area contributed by atoms with E-state index < -0.39 is 32.1 Å². The zero-order valence-electron chi connectivity index (χ0n) is 56.7. The lowest BCUT2D eigenvalue weighted by Gasteiger charge is -2.19. The van der Waals surface area contributed by atoms with Crippen LogP contribution in [-0.4, -0.2) is 106 Å². The topological polar surface area (TPSA) is 222 Å². The fourth-order valence-electron chi connectivity index (χ4n) is 2.75. The van der Waals surface area contributed by atoms with Gasteiger partial charge in [0.2, 0.25) is 15.9 Å². The van der Waals surface area contributed by atoms with Crippen LogP contribution in [0.25, 0.3) is 0 Å². The molecule has 1 amide bonds. The number of amides is 1. The monoisotopic (exact) mass is 1220 g/mol. The second-order valence-electron chi connectivity index (χ2n) is 25.3. The fourth-order valence-corrected chi connectivity index (χ4v) is 4.38. The number of terminal acetylenes is 1. The first kappa shape index (κ1) is 99.4. The van der Waals surface area contributed by atoms with Crippen molar-refractivity contribution in [2.45, 2.75) is 210 Å². The number of alkyl halides is 2. The van der Waals surface area contributed by atoms with E-state index in [4.69, 9.17) is 23.3 Å². The molecule has 18 heteroatoms. The molecule has 0 fully saturated rings. The summed E-state index contributed by atoms with van der Waals surface area (Å²) in [5.41, 5.74) is 0.643. The molecule has 480 valence electrons. The average molecular weight is 1220 g/mol. The first-order chi connectivity index (χ1) is 36.3. The minimum atomic E-state index is -3.26. The van der Waals surface area contributed by atoms with E-state index in [1.54, 1.807) is 80.5 Å². The van der Waals surface area contributed by atoms with Gasteiger partial charge in [0.1, 0.15) is 18.2 Å². The maximum absolute atomic E-state index is 11.3. The minimum absolute atomic E-state index is 0.00894. The van der Waals surface area contributed by atoms with Crippen molar-refractivity contribution >= 4 is 66.3 Å². The standard InChI is InChI=1S/C10H20N2O.C9H16O.C6H13NO2S.C6H9NO.C6H10O.C6H12.C6H10.C5H9ClO.C5H9FO.C5H10O2S/c1-10(2,3)11-9(13)7-6-8-12(4)5;1-7(2)6-8(10)9(3,4)5;1-5-10(8,9)7-6(2,3)4;1-5(2)6(8)3-4-7;1-4-6(7)5(2)3;2*1-5-6(2,3)4;2*1-4(2)5(7)3-6;1-4-8(6,7)5(2)3/h6-7H,8H2,1-5H3,(H,11,13);6H,1-5H3;5,7H,1H2,2-4H3;5H,3H2,1-2H3;4-5H,1H2,2-3H3;5H,1H2,2-4H3;1H,2-4H3;2*4H,3H2,1-2H3;4-5H,1H2,2-3H3/b7-6+;;;;;;;;;. The van der Waals surface area contributed by atoms with Gasteiger partial charge in [0.15, 0.2) is 27.2 Å². The quantitative estimate of drug-likeness (QED) is 0.0638. The molecule has 2 N–H and O–H groups in total. The summed E-state index contributed by atoms with van der Waals surface area (Å²) in [5.74, 6) is 2.91. The van der Waals surface area contributed by atoms with Gasteiger partial charge in [-0.2, -0.15) is 5.26 Å². The number of hydrogen-bond acceptors (Lipinski definition) is 12. The summed E-state index contributed by atoms with van der Waals surface area (Å²) in [6.07, 6.45) is 13.5. The molecule has 82 heavy (non-hydrogen) atoms. The number of nitrogens with zero attached hydrogens (tertiary/aromatic N) is 2. The Hall–Kier alpha value is -4.65. The van der Waals surface area contributed by atoms with Crippen molar-refractivity contribution in [2.24, 2.45) is 39.9 Å². The van der Waals surface area contributed by atoms with Crippen LogP contribution in [0.2, 0.25) is 0 Å². The van der Waals surface area contributed by atoms with Gasteiger partial charge in [-0.1, -0.05) is 134 Å². The van der Waals surface area contributed by atoms with Crippen molar-refractivity contribution in [2.75, 3.05) is 33.2 Å². The van der Waals surface area contributed by atoms with Gasteiger partial charge in [0, 0.05) is 69.0 Å². The lowest BCUT2D eigenvalue weighted by atomic mass is 9.90. The van der Waals surface area contributed by atoms with Gasteiger partial charge >= 0.3 is 0 Å². The predicted molar refractivity (Wildman–Crippen MR) is 350 cm³/mol. The molecule has 0 aromatic heterocycles. The average Bonchev–Trinajstić information content (AvgIpc) is 3.30. The Morgan fingerprint density at radius 2 is 1.05 bits per heavy atom. The Labute approximate surface area is 508 Å². The van der Waals surface area contributed by atoms with Crippen LogP contribution in [-0.2, 0) is 48.6 Å². The van der Waals surface area contributed by atoms with Crippen LogP contribution < -0.4 is 10.0 Å². The van der Waals surface area contributed by atoms with Crippen LogP contribution in [0.1, 0.15) is 193 Å². The second kappa shape index (κ2) is 51.9. The summed E-state index contributed by atoms with van der Waals surface area (Å²) in [7, 11) is -2.31. The first-order valence-corrected chi connectivity index (χ1v) is 30.7. The Balaban J connectivity index is -0.0000000886. The number of rotatable bonds is 16. The van der Waals surface area contributed by atoms with Crippen LogP contribution >= 0.6 is 11.6 Å². The third-order valence-electron chi connectivity index (χ3n) is 8.22. The summed E-state index contributed by atoms with van der Waals surface area (Å²) < 4.78 is 56.4. The Morgan fingerprint density at radius 3 is 1.15 bits per heavy atom. The van der Waals surface area contributed by atoms with Crippen LogP contribution in [0.4, 0.5) is 4.39 Å². The molecular formula is C64H118ClFN4O10S2. The molecule has 0 aliphatic heterocycles. The zero-order valence-corrected chi connectivity index (χ0v) is 59.1. The SMILES string of the molecule is C#CC(C)(C)C.C=CC(=O)C(C)C.C=CC(C)(C)C.C=CS(=O)(=O)C(C)C.C=CS(=O)(=O)NC(C)(C)C.CC(C)=CC(=O)C(C)(C)C.CC(C)C(=O)CC#N.CC(C)C(=O)CCl.CC(C)C(=O)CF.CN(C)C/C=C/C(=O)NC(C)(C)C. The lowest BCUT2D eigenvalue weighted by molar-refractivity contribution is -0.123. The summed E-state index contributed by atoms with van der Waals surface area (Å²) in [4.78, 5) is 65.9. The number of ketones is 5. The van der Waals surface area contributed by atoms with Crippen molar-refractivity contribution in [3.05, 3.63) is 73.1 Å². The highest BCUT2D eigenvalue weighted by atomic mass is 35.5. The van der Waals surface area contributed by atoms with Crippen LogP contribution in [0.5, 0.6) is 0 Å². The molecule has 0 unspecified atom stereocenters. The molecule has 0 aromatic rings. The van der Waals surface area contributed by atoms with E-state index in [0.717, 1.165) is 22.9 Å². The van der Waals surface area contributed by atoms with Crippen molar-refractivity contribution < 1.29 is 50.0 Å². The fraction of sp³-hybridized carbons (Fsp3) is 0.672. The number of hydrogen-bond donors (Lipinski definition) is 2. The van der Waals surface area contributed by atoms with E-state index in [1.165, 1.54) is 6.08 Å². The number of Topliss-reactive ketones (excluding diaryl/α,β-unsaturated/α-hetero) is 3. The molecule has 0 saturated carbocycles. The highest BCUT2D eigenvalue weighted by Gasteiger charge is 2.18. The third-order valence-corrected chi connectivity index (χ3v) is 11.6.